The maximum Gasteiger partial charge on any atom is 0.374 e. The van der Waals surface area contributed by atoms with Gasteiger partial charge in [-0.15, -0.1) is 0 Å². The van der Waals surface area contributed by atoms with E-state index >= 15 is 0 Å². The van der Waals surface area contributed by atoms with Crippen LogP contribution in [0.4, 0.5) is 11.4 Å². The number of nitrogens with zero attached hydrogens (tertiary/aromatic N) is 1. The molecule has 0 spiro atoms. The molecule has 0 unspecified atom stereocenters. The van der Waals surface area contributed by atoms with Crippen molar-refractivity contribution in [2.45, 2.75) is 6.92 Å². The summed E-state index contributed by atoms with van der Waals surface area (Å²) in [6.07, 6.45) is 0. The van der Waals surface area contributed by atoms with Crippen LogP contribution in [0.3, 0.4) is 0 Å². The summed E-state index contributed by atoms with van der Waals surface area (Å²) >= 11 is 0. The summed E-state index contributed by atoms with van der Waals surface area (Å²) in [7, 11) is 2.31. The van der Waals surface area contributed by atoms with E-state index in [1.54, 1.807) is 13.0 Å². The van der Waals surface area contributed by atoms with Gasteiger partial charge in [-0.3, -0.25) is 10.1 Å². The molecule has 25 heavy (non-hydrogen) atoms. The van der Waals surface area contributed by atoms with Crippen LogP contribution in [0.5, 0.6) is 0 Å². The van der Waals surface area contributed by atoms with Crippen LogP contribution in [-0.4, -0.2) is 37.6 Å². The summed E-state index contributed by atoms with van der Waals surface area (Å²) in [5.74, 6) is -1.90. The quantitative estimate of drug-likeness (QED) is 0.480. The number of carbonyl (C=O) groups is 2. The molecule has 0 aliphatic carbocycles. The van der Waals surface area contributed by atoms with E-state index in [4.69, 9.17) is 9.15 Å². The second-order valence-electron chi connectivity index (χ2n) is 4.83. The van der Waals surface area contributed by atoms with Crippen molar-refractivity contribution in [1.82, 2.24) is 0 Å². The zero-order valence-electron chi connectivity index (χ0n) is 13.8. The fourth-order valence-electron chi connectivity index (χ4n) is 2.27. The SMILES string of the molecule is CCNc1c(-c2cccc([N+](=O)[O-])c2)oc(C(=O)OC)c1C(=O)OC. The highest BCUT2D eigenvalue weighted by molar-refractivity contribution is 6.08. The van der Waals surface area contributed by atoms with Gasteiger partial charge >= 0.3 is 11.9 Å². The number of hydrogen-bond acceptors (Lipinski definition) is 8. The molecule has 0 saturated heterocycles. The first-order chi connectivity index (χ1) is 11.9. The minimum Gasteiger partial charge on any atom is -0.465 e. The van der Waals surface area contributed by atoms with Crippen LogP contribution >= 0.6 is 0 Å². The predicted octanol–water partition coefficient (Wildman–Crippen LogP) is 2.86. The van der Waals surface area contributed by atoms with Gasteiger partial charge < -0.3 is 19.2 Å². The first-order valence-electron chi connectivity index (χ1n) is 7.26. The van der Waals surface area contributed by atoms with Crippen molar-refractivity contribution in [3.8, 4) is 11.3 Å². The van der Waals surface area contributed by atoms with E-state index in [1.807, 2.05) is 0 Å². The van der Waals surface area contributed by atoms with Gasteiger partial charge in [0.15, 0.2) is 5.76 Å². The first kappa shape index (κ1) is 18.0. The van der Waals surface area contributed by atoms with Crippen LogP contribution in [0.25, 0.3) is 11.3 Å². The molecule has 2 aromatic rings. The molecule has 1 aromatic carbocycles. The number of non-ortho nitro benzene ring substituents is 1. The largest absolute Gasteiger partial charge is 0.465 e. The molecule has 132 valence electrons. The topological polar surface area (TPSA) is 121 Å². The lowest BCUT2D eigenvalue weighted by atomic mass is 10.1. The highest BCUT2D eigenvalue weighted by Gasteiger charge is 2.31. The van der Waals surface area contributed by atoms with E-state index < -0.39 is 16.9 Å². The second-order valence-corrected chi connectivity index (χ2v) is 4.83. The number of ether oxygens (including phenoxy) is 2. The van der Waals surface area contributed by atoms with Gasteiger partial charge in [0.25, 0.3) is 5.69 Å². The fraction of sp³-hybridized carbons (Fsp3) is 0.250. The van der Waals surface area contributed by atoms with Crippen LogP contribution in [0, 0.1) is 10.1 Å². The van der Waals surface area contributed by atoms with Gasteiger partial charge in [0, 0.05) is 24.2 Å². The van der Waals surface area contributed by atoms with Crippen molar-refractivity contribution >= 4 is 23.3 Å². The van der Waals surface area contributed by atoms with Crippen LogP contribution in [-0.2, 0) is 9.47 Å². The van der Waals surface area contributed by atoms with E-state index in [-0.39, 0.29) is 28.5 Å². The van der Waals surface area contributed by atoms with E-state index in [1.165, 1.54) is 25.3 Å². The average Bonchev–Trinajstić information content (AvgIpc) is 3.00. The van der Waals surface area contributed by atoms with Crippen LogP contribution in [0.1, 0.15) is 27.8 Å². The number of benzene rings is 1. The lowest BCUT2D eigenvalue weighted by Gasteiger charge is -2.06. The van der Waals surface area contributed by atoms with Crippen LogP contribution in [0.15, 0.2) is 28.7 Å². The molecular weight excluding hydrogens is 332 g/mol. The Labute approximate surface area is 142 Å². The van der Waals surface area contributed by atoms with Gasteiger partial charge in [0.05, 0.1) is 24.8 Å². The van der Waals surface area contributed by atoms with Crippen molar-refractivity contribution in [3.63, 3.8) is 0 Å². The molecule has 0 bridgehead atoms. The number of nitrogens with one attached hydrogen (secondary N) is 1. The zero-order valence-corrected chi connectivity index (χ0v) is 13.8. The number of nitro groups is 1. The average molecular weight is 348 g/mol. The molecule has 1 aromatic heterocycles. The van der Waals surface area contributed by atoms with Crippen molar-refractivity contribution in [1.29, 1.82) is 0 Å². The maximum atomic E-state index is 12.1. The van der Waals surface area contributed by atoms with E-state index in [0.717, 1.165) is 7.11 Å². The Kier molecular flexibility index (Phi) is 5.38. The van der Waals surface area contributed by atoms with Gasteiger partial charge in [0.2, 0.25) is 5.76 Å². The van der Waals surface area contributed by atoms with Crippen molar-refractivity contribution in [3.05, 3.63) is 45.7 Å². The Morgan fingerprint density at radius 3 is 2.48 bits per heavy atom. The van der Waals surface area contributed by atoms with Crippen LogP contribution in [0.2, 0.25) is 0 Å². The Bertz CT molecular complexity index is 826. The number of furan rings is 1. The van der Waals surface area contributed by atoms with E-state index in [0.29, 0.717) is 12.1 Å². The van der Waals surface area contributed by atoms with E-state index in [2.05, 4.69) is 10.1 Å². The standard InChI is InChI=1S/C16H16N2O7/c1-4-17-12-11(15(19)23-2)14(16(20)24-3)25-13(12)9-6-5-7-10(8-9)18(21)22/h5-8,17H,4H2,1-3H3. The summed E-state index contributed by atoms with van der Waals surface area (Å²) < 4.78 is 14.9. The van der Waals surface area contributed by atoms with Crippen LogP contribution < -0.4 is 5.32 Å². The normalized spacial score (nSPS) is 10.2. The lowest BCUT2D eigenvalue weighted by molar-refractivity contribution is -0.384. The zero-order chi connectivity index (χ0) is 18.6. The van der Waals surface area contributed by atoms with Gasteiger partial charge in [-0.1, -0.05) is 12.1 Å². The van der Waals surface area contributed by atoms with E-state index in [9.17, 15) is 19.7 Å². The minimum atomic E-state index is -0.865. The Balaban J connectivity index is 2.74. The summed E-state index contributed by atoms with van der Waals surface area (Å²) in [6.45, 7) is 2.19. The van der Waals surface area contributed by atoms with Crippen molar-refractivity contribution < 1.29 is 28.4 Å². The molecular formula is C16H16N2O7. The van der Waals surface area contributed by atoms with Gasteiger partial charge in [-0.05, 0) is 6.92 Å². The molecule has 0 fully saturated rings. The van der Waals surface area contributed by atoms with Gasteiger partial charge in [0.1, 0.15) is 5.56 Å². The summed E-state index contributed by atoms with van der Waals surface area (Å²) in [5.41, 5.74) is 0.244. The molecule has 0 amide bonds. The second kappa shape index (κ2) is 7.47. The third-order valence-electron chi connectivity index (χ3n) is 3.34. The monoisotopic (exact) mass is 348 g/mol. The number of carbonyl (C=O) groups excluding carboxylic acids is 2. The Hall–Kier alpha value is -3.36. The highest BCUT2D eigenvalue weighted by Crippen LogP contribution is 2.38. The summed E-state index contributed by atoms with van der Waals surface area (Å²) in [6, 6.07) is 5.64. The molecule has 0 aliphatic rings. The third kappa shape index (κ3) is 3.44. The molecule has 9 nitrogen and oxygen atoms in total. The first-order valence-corrected chi connectivity index (χ1v) is 7.26. The molecule has 1 heterocycles. The molecule has 0 aliphatic heterocycles. The number of rotatable bonds is 6. The molecule has 9 heteroatoms. The third-order valence-corrected chi connectivity index (χ3v) is 3.34. The number of methoxy groups -OCH3 is 2. The summed E-state index contributed by atoms with van der Waals surface area (Å²) in [4.78, 5) is 34.5. The molecule has 0 atom stereocenters. The number of hydrogen-bond donors (Lipinski definition) is 1. The molecule has 2 rings (SSSR count). The van der Waals surface area contributed by atoms with Crippen molar-refractivity contribution in [2.75, 3.05) is 26.1 Å². The lowest BCUT2D eigenvalue weighted by Crippen LogP contribution is -2.12. The molecule has 0 saturated carbocycles. The number of esters is 2. The smallest absolute Gasteiger partial charge is 0.374 e. The van der Waals surface area contributed by atoms with Gasteiger partial charge in [-0.2, -0.15) is 0 Å². The molecule has 0 radical (unpaired) electrons. The highest BCUT2D eigenvalue weighted by atomic mass is 16.6. The fourth-order valence-corrected chi connectivity index (χ4v) is 2.27. The van der Waals surface area contributed by atoms with Crippen molar-refractivity contribution in [2.24, 2.45) is 0 Å². The Morgan fingerprint density at radius 1 is 1.24 bits per heavy atom. The maximum absolute atomic E-state index is 12.1. The number of nitro benzene ring substituents is 1. The number of anilines is 1. The summed E-state index contributed by atoms with van der Waals surface area (Å²) in [5, 5.41) is 13.9. The predicted molar refractivity (Wildman–Crippen MR) is 87.6 cm³/mol. The molecule has 1 N–H and O–H groups in total. The minimum absolute atomic E-state index is 0.103. The van der Waals surface area contributed by atoms with Gasteiger partial charge in [-0.25, -0.2) is 9.59 Å². The Morgan fingerprint density at radius 2 is 1.92 bits per heavy atom.